The third-order valence-electron chi connectivity index (χ3n) is 3.46. The standard InChI is InChI=1S/C14H19ClN4O/c1-5-18(4)14(20)10(3)19-12(8-15)17-11-7-6-9(2)16-13(11)19/h6-7,10H,5,8H2,1-4H3. The lowest BCUT2D eigenvalue weighted by Crippen LogP contribution is -2.33. The van der Waals surface area contributed by atoms with Crippen LogP contribution in [0.4, 0.5) is 0 Å². The molecule has 0 aliphatic heterocycles. The molecular weight excluding hydrogens is 276 g/mol. The number of pyridine rings is 1. The van der Waals surface area contributed by atoms with Crippen LogP contribution in [0, 0.1) is 6.92 Å². The van der Waals surface area contributed by atoms with Crippen LogP contribution in [0.1, 0.15) is 31.4 Å². The van der Waals surface area contributed by atoms with E-state index in [9.17, 15) is 4.79 Å². The van der Waals surface area contributed by atoms with Gasteiger partial charge < -0.3 is 4.90 Å². The van der Waals surface area contributed by atoms with Crippen LogP contribution in [-0.4, -0.2) is 38.9 Å². The number of alkyl halides is 1. The van der Waals surface area contributed by atoms with Gasteiger partial charge in [-0.3, -0.25) is 9.36 Å². The molecule has 2 heterocycles. The average Bonchev–Trinajstić information content (AvgIpc) is 2.82. The van der Waals surface area contributed by atoms with Crippen molar-refractivity contribution in [2.45, 2.75) is 32.7 Å². The van der Waals surface area contributed by atoms with Crippen LogP contribution in [0.3, 0.4) is 0 Å². The molecule has 1 atom stereocenters. The largest absolute Gasteiger partial charge is 0.344 e. The summed E-state index contributed by atoms with van der Waals surface area (Å²) in [5, 5.41) is 0. The summed E-state index contributed by atoms with van der Waals surface area (Å²) in [7, 11) is 1.79. The SMILES string of the molecule is CCN(C)C(=O)C(C)n1c(CCl)nc2ccc(C)nc21. The molecule has 0 radical (unpaired) electrons. The number of carbonyl (C=O) groups is 1. The number of hydrogen-bond acceptors (Lipinski definition) is 3. The summed E-state index contributed by atoms with van der Waals surface area (Å²) in [6, 6.07) is 3.45. The van der Waals surface area contributed by atoms with Crippen molar-refractivity contribution in [2.24, 2.45) is 0 Å². The Morgan fingerprint density at radius 1 is 1.45 bits per heavy atom. The van der Waals surface area contributed by atoms with Crippen LogP contribution < -0.4 is 0 Å². The zero-order valence-corrected chi connectivity index (χ0v) is 13.0. The van der Waals surface area contributed by atoms with E-state index < -0.39 is 0 Å². The summed E-state index contributed by atoms with van der Waals surface area (Å²) < 4.78 is 1.84. The number of aromatic nitrogens is 3. The zero-order valence-electron chi connectivity index (χ0n) is 12.2. The van der Waals surface area contributed by atoms with Gasteiger partial charge in [0, 0.05) is 19.3 Å². The van der Waals surface area contributed by atoms with Crippen LogP contribution in [0.5, 0.6) is 0 Å². The fourth-order valence-corrected chi connectivity index (χ4v) is 2.39. The molecule has 20 heavy (non-hydrogen) atoms. The van der Waals surface area contributed by atoms with Crippen molar-refractivity contribution in [3.63, 3.8) is 0 Å². The summed E-state index contributed by atoms with van der Waals surface area (Å²) in [6.45, 7) is 6.39. The highest BCUT2D eigenvalue weighted by atomic mass is 35.5. The van der Waals surface area contributed by atoms with Crippen molar-refractivity contribution in [2.75, 3.05) is 13.6 Å². The Balaban J connectivity index is 2.56. The van der Waals surface area contributed by atoms with Crippen molar-refractivity contribution in [1.29, 1.82) is 0 Å². The maximum atomic E-state index is 12.4. The van der Waals surface area contributed by atoms with E-state index >= 15 is 0 Å². The molecule has 0 spiro atoms. The predicted octanol–water partition coefficient (Wildman–Crippen LogP) is 2.52. The van der Waals surface area contributed by atoms with Crippen LogP contribution in [0.15, 0.2) is 12.1 Å². The van der Waals surface area contributed by atoms with E-state index in [1.54, 1.807) is 11.9 Å². The highest BCUT2D eigenvalue weighted by Gasteiger charge is 2.23. The van der Waals surface area contributed by atoms with Gasteiger partial charge in [0.1, 0.15) is 17.4 Å². The highest BCUT2D eigenvalue weighted by Crippen LogP contribution is 2.22. The van der Waals surface area contributed by atoms with E-state index in [2.05, 4.69) is 9.97 Å². The van der Waals surface area contributed by atoms with Gasteiger partial charge >= 0.3 is 0 Å². The molecule has 0 aliphatic carbocycles. The van der Waals surface area contributed by atoms with Crippen molar-refractivity contribution in [1.82, 2.24) is 19.4 Å². The number of halogens is 1. The van der Waals surface area contributed by atoms with Gasteiger partial charge in [0.25, 0.3) is 0 Å². The highest BCUT2D eigenvalue weighted by molar-refractivity contribution is 6.16. The number of likely N-dealkylation sites (N-methyl/N-ethyl adjacent to an activating group) is 1. The number of aryl methyl sites for hydroxylation is 1. The third-order valence-corrected chi connectivity index (χ3v) is 3.70. The summed E-state index contributed by atoms with van der Waals surface area (Å²) in [5.41, 5.74) is 2.37. The van der Waals surface area contributed by atoms with Gasteiger partial charge in [0.05, 0.1) is 5.88 Å². The molecular formula is C14H19ClN4O. The normalized spacial score (nSPS) is 12.7. The number of rotatable bonds is 4. The molecule has 1 amide bonds. The van der Waals surface area contributed by atoms with Crippen LogP contribution in [-0.2, 0) is 10.7 Å². The van der Waals surface area contributed by atoms with E-state index in [4.69, 9.17) is 11.6 Å². The van der Waals surface area contributed by atoms with E-state index in [1.807, 2.05) is 37.5 Å². The molecule has 0 aliphatic rings. The van der Waals surface area contributed by atoms with Crippen molar-refractivity contribution in [3.05, 3.63) is 23.7 Å². The number of hydrogen-bond donors (Lipinski definition) is 0. The molecule has 0 N–H and O–H groups in total. The smallest absolute Gasteiger partial charge is 0.245 e. The summed E-state index contributed by atoms with van der Waals surface area (Å²) in [4.78, 5) is 23.0. The molecule has 0 saturated heterocycles. The summed E-state index contributed by atoms with van der Waals surface area (Å²) in [5.74, 6) is 0.953. The minimum atomic E-state index is -0.368. The predicted molar refractivity (Wildman–Crippen MR) is 79.8 cm³/mol. The van der Waals surface area contributed by atoms with Gasteiger partial charge in [-0.15, -0.1) is 11.6 Å². The monoisotopic (exact) mass is 294 g/mol. The van der Waals surface area contributed by atoms with Gasteiger partial charge in [-0.25, -0.2) is 9.97 Å². The van der Waals surface area contributed by atoms with Crippen molar-refractivity contribution in [3.8, 4) is 0 Å². The summed E-state index contributed by atoms with van der Waals surface area (Å²) >= 11 is 5.97. The first-order valence-corrected chi connectivity index (χ1v) is 7.18. The molecule has 0 aromatic carbocycles. The first-order chi connectivity index (χ1) is 9.49. The lowest BCUT2D eigenvalue weighted by molar-refractivity contribution is -0.132. The number of imidazole rings is 1. The Bertz CT molecular complexity index is 637. The lowest BCUT2D eigenvalue weighted by atomic mass is 10.2. The van der Waals surface area contributed by atoms with Crippen molar-refractivity contribution >= 4 is 28.7 Å². The molecule has 2 rings (SSSR count). The minimum Gasteiger partial charge on any atom is -0.344 e. The number of carbonyl (C=O) groups excluding carboxylic acids is 1. The molecule has 0 saturated carbocycles. The maximum absolute atomic E-state index is 12.4. The first-order valence-electron chi connectivity index (χ1n) is 6.65. The molecule has 2 aromatic heterocycles. The number of fused-ring (bicyclic) bond motifs is 1. The minimum absolute atomic E-state index is 0.0291. The fourth-order valence-electron chi connectivity index (χ4n) is 2.20. The van der Waals surface area contributed by atoms with E-state index in [0.717, 1.165) is 11.2 Å². The molecule has 2 aromatic rings. The topological polar surface area (TPSA) is 51.0 Å². The Kier molecular flexibility index (Phi) is 4.28. The number of amides is 1. The molecule has 0 bridgehead atoms. The Hall–Kier alpha value is -1.62. The second-order valence-corrected chi connectivity index (χ2v) is 5.12. The second kappa shape index (κ2) is 5.79. The lowest BCUT2D eigenvalue weighted by Gasteiger charge is -2.22. The fraction of sp³-hybridized carbons (Fsp3) is 0.500. The number of nitrogens with zero attached hydrogens (tertiary/aromatic N) is 4. The van der Waals surface area contributed by atoms with E-state index in [1.165, 1.54) is 0 Å². The second-order valence-electron chi connectivity index (χ2n) is 4.86. The van der Waals surface area contributed by atoms with E-state index in [-0.39, 0.29) is 17.8 Å². The molecule has 0 fully saturated rings. The van der Waals surface area contributed by atoms with Gasteiger partial charge in [-0.1, -0.05) is 0 Å². The average molecular weight is 295 g/mol. The Morgan fingerprint density at radius 2 is 2.15 bits per heavy atom. The first kappa shape index (κ1) is 14.8. The molecule has 1 unspecified atom stereocenters. The Morgan fingerprint density at radius 3 is 2.75 bits per heavy atom. The van der Waals surface area contributed by atoms with Crippen LogP contribution >= 0.6 is 11.6 Å². The maximum Gasteiger partial charge on any atom is 0.245 e. The van der Waals surface area contributed by atoms with Crippen LogP contribution in [0.2, 0.25) is 0 Å². The van der Waals surface area contributed by atoms with Gasteiger partial charge in [0.15, 0.2) is 5.65 Å². The quantitative estimate of drug-likeness (QED) is 0.814. The Labute approximate surface area is 123 Å². The van der Waals surface area contributed by atoms with Crippen LogP contribution in [0.25, 0.3) is 11.2 Å². The molecule has 5 nitrogen and oxygen atoms in total. The third kappa shape index (κ3) is 2.50. The zero-order chi connectivity index (χ0) is 14.9. The van der Waals surface area contributed by atoms with Crippen molar-refractivity contribution < 1.29 is 4.79 Å². The van der Waals surface area contributed by atoms with Gasteiger partial charge in [0.2, 0.25) is 5.91 Å². The van der Waals surface area contributed by atoms with Gasteiger partial charge in [-0.2, -0.15) is 0 Å². The molecule has 6 heteroatoms. The summed E-state index contributed by atoms with van der Waals surface area (Å²) in [6.07, 6.45) is 0. The van der Waals surface area contributed by atoms with Gasteiger partial charge in [-0.05, 0) is 32.9 Å². The molecule has 108 valence electrons. The van der Waals surface area contributed by atoms with E-state index in [0.29, 0.717) is 18.0 Å².